The van der Waals surface area contributed by atoms with Crippen LogP contribution in [0.5, 0.6) is 0 Å². The van der Waals surface area contributed by atoms with Gasteiger partial charge >= 0.3 is 4.20 Å². The molecule has 6 nitrogen and oxygen atoms in total. The van der Waals surface area contributed by atoms with Gasteiger partial charge in [0.2, 0.25) is 0 Å². The van der Waals surface area contributed by atoms with Crippen LogP contribution >= 0.6 is 0 Å². The molecule has 21 heavy (non-hydrogen) atoms. The van der Waals surface area contributed by atoms with Crippen molar-refractivity contribution in [2.75, 3.05) is 5.75 Å². The summed E-state index contributed by atoms with van der Waals surface area (Å²) in [5.74, 6) is -0.0983. The summed E-state index contributed by atoms with van der Waals surface area (Å²) in [6, 6.07) is 7.17. The predicted molar refractivity (Wildman–Crippen MR) is 79.4 cm³/mol. The molecule has 0 spiro atoms. The average Bonchev–Trinajstić information content (AvgIpc) is 2.43. The first kappa shape index (κ1) is 15.8. The molecule has 0 bridgehead atoms. The van der Waals surface area contributed by atoms with E-state index in [1.165, 1.54) is 24.3 Å². The Morgan fingerprint density at radius 1 is 1.19 bits per heavy atom. The lowest BCUT2D eigenvalue weighted by Crippen LogP contribution is -2.52. The summed E-state index contributed by atoms with van der Waals surface area (Å²) in [7, 11) is -6.49. The van der Waals surface area contributed by atoms with E-state index in [1.807, 2.05) is 0 Å². The van der Waals surface area contributed by atoms with Crippen LogP contribution in [-0.4, -0.2) is 27.5 Å². The third-order valence-corrected chi connectivity index (χ3v) is 8.61. The molecule has 0 saturated heterocycles. The Morgan fingerprint density at radius 3 is 2.29 bits per heavy atom. The van der Waals surface area contributed by atoms with E-state index in [4.69, 9.17) is 0 Å². The minimum absolute atomic E-state index is 0.0983. The second kappa shape index (κ2) is 5.34. The van der Waals surface area contributed by atoms with E-state index in [1.54, 1.807) is 19.9 Å². The zero-order valence-electron chi connectivity index (χ0n) is 11.6. The maximum atomic E-state index is 12.8. The van der Waals surface area contributed by atoms with Crippen molar-refractivity contribution in [2.24, 2.45) is 0 Å². The molecular weight excluding hydrogens is 314 g/mol. The van der Waals surface area contributed by atoms with Crippen molar-refractivity contribution in [1.82, 2.24) is 0 Å². The maximum Gasteiger partial charge on any atom is 0.399 e. The van der Waals surface area contributed by atoms with Gasteiger partial charge < -0.3 is 0 Å². The summed E-state index contributed by atoms with van der Waals surface area (Å²) < 4.78 is 35.4. The van der Waals surface area contributed by atoms with Crippen molar-refractivity contribution in [3.8, 4) is 0 Å². The van der Waals surface area contributed by atoms with E-state index in [-0.39, 0.29) is 17.1 Å². The monoisotopic (exact) mass is 329 g/mol. The summed E-state index contributed by atoms with van der Waals surface area (Å²) in [5.41, 5.74) is 1.35. The first-order valence-electron chi connectivity index (χ1n) is 6.21. The smallest absolute Gasteiger partial charge is 0.262 e. The van der Waals surface area contributed by atoms with Gasteiger partial charge in [0, 0.05) is 0 Å². The highest BCUT2D eigenvalue weighted by molar-refractivity contribution is 8.07. The second-order valence-electron chi connectivity index (χ2n) is 5.01. The van der Waals surface area contributed by atoms with Gasteiger partial charge in [0.05, 0.1) is 22.0 Å². The molecule has 8 heteroatoms. The summed E-state index contributed by atoms with van der Waals surface area (Å²) in [6.45, 7) is 3.36. The first-order chi connectivity index (χ1) is 9.73. The third kappa shape index (κ3) is 2.32. The van der Waals surface area contributed by atoms with Crippen LogP contribution in [0.3, 0.4) is 0 Å². The second-order valence-corrected chi connectivity index (χ2v) is 9.08. The van der Waals surface area contributed by atoms with Gasteiger partial charge in [0.15, 0.2) is 0 Å². The fraction of sp³-hybridized carbons (Fsp3) is 0.385. The van der Waals surface area contributed by atoms with Gasteiger partial charge in [-0.15, -0.1) is 0 Å². The number of nitro groups is 1. The molecule has 114 valence electrons. The Hall–Kier alpha value is -1.54. The van der Waals surface area contributed by atoms with Crippen molar-refractivity contribution < 1.29 is 17.6 Å². The summed E-state index contributed by atoms with van der Waals surface area (Å²) >= 11 is 0. The standard InChI is InChI=1S/C13H15NO5S2/c1-10-8-13(14(15)16,20(17)9-11(10)2)21(18,19)12-6-4-3-5-7-12/h3-7H,8-9H2,1-2H3. The van der Waals surface area contributed by atoms with E-state index >= 15 is 0 Å². The van der Waals surface area contributed by atoms with E-state index in [0.717, 1.165) is 5.57 Å². The van der Waals surface area contributed by atoms with E-state index in [2.05, 4.69) is 0 Å². The van der Waals surface area contributed by atoms with Gasteiger partial charge in [-0.2, -0.15) is 0 Å². The highest BCUT2D eigenvalue weighted by atomic mass is 32.3. The lowest BCUT2D eigenvalue weighted by atomic mass is 10.1. The van der Waals surface area contributed by atoms with Crippen molar-refractivity contribution in [1.29, 1.82) is 0 Å². The zero-order chi connectivity index (χ0) is 15.8. The molecular formula is C13H15NO5S2. The summed E-state index contributed by atoms with van der Waals surface area (Å²) in [4.78, 5) is 10.5. The van der Waals surface area contributed by atoms with Crippen LogP contribution in [0.2, 0.25) is 0 Å². The van der Waals surface area contributed by atoms with Crippen LogP contribution < -0.4 is 0 Å². The van der Waals surface area contributed by atoms with Crippen LogP contribution in [0.15, 0.2) is 46.4 Å². The molecule has 0 aliphatic carbocycles. The molecule has 1 aliphatic heterocycles. The van der Waals surface area contributed by atoms with Gasteiger partial charge in [-0.3, -0.25) is 14.3 Å². The molecule has 1 aromatic carbocycles. The fourth-order valence-corrected chi connectivity index (χ4v) is 6.59. The van der Waals surface area contributed by atoms with Crippen LogP contribution in [-0.2, 0) is 20.6 Å². The number of nitrogens with zero attached hydrogens (tertiary/aromatic N) is 1. The first-order valence-corrected chi connectivity index (χ1v) is 9.01. The largest absolute Gasteiger partial charge is 0.399 e. The average molecular weight is 329 g/mol. The fourth-order valence-electron chi connectivity index (χ4n) is 2.25. The van der Waals surface area contributed by atoms with Crippen molar-refractivity contribution in [2.45, 2.75) is 29.4 Å². The Bertz CT molecular complexity index is 739. The third-order valence-electron chi connectivity index (χ3n) is 3.67. The van der Waals surface area contributed by atoms with Gasteiger partial charge in [-0.05, 0) is 26.0 Å². The highest BCUT2D eigenvalue weighted by Crippen LogP contribution is 2.40. The lowest BCUT2D eigenvalue weighted by Gasteiger charge is -2.29. The molecule has 1 aliphatic rings. The molecule has 1 heterocycles. The minimum Gasteiger partial charge on any atom is -0.262 e. The van der Waals surface area contributed by atoms with Crippen molar-refractivity contribution in [3.05, 3.63) is 51.6 Å². The van der Waals surface area contributed by atoms with Gasteiger partial charge in [-0.1, -0.05) is 29.3 Å². The Kier molecular flexibility index (Phi) is 4.03. The number of hydrogen-bond donors (Lipinski definition) is 0. The molecule has 0 amide bonds. The van der Waals surface area contributed by atoms with Gasteiger partial charge in [0.1, 0.15) is 10.8 Å². The van der Waals surface area contributed by atoms with Crippen molar-refractivity contribution >= 4 is 20.6 Å². The Morgan fingerprint density at radius 2 is 1.76 bits per heavy atom. The van der Waals surface area contributed by atoms with E-state index < -0.39 is 29.8 Å². The van der Waals surface area contributed by atoms with Crippen LogP contribution in [0.1, 0.15) is 20.3 Å². The molecule has 1 aromatic rings. The predicted octanol–water partition coefficient (Wildman–Crippen LogP) is 1.88. The zero-order valence-corrected chi connectivity index (χ0v) is 13.2. The van der Waals surface area contributed by atoms with Gasteiger partial charge in [0.25, 0.3) is 9.84 Å². The van der Waals surface area contributed by atoms with Crippen molar-refractivity contribution in [3.63, 3.8) is 0 Å². The number of benzene rings is 1. The van der Waals surface area contributed by atoms with Crippen LogP contribution in [0.4, 0.5) is 0 Å². The highest BCUT2D eigenvalue weighted by Gasteiger charge is 2.63. The molecule has 2 unspecified atom stereocenters. The number of hydrogen-bond acceptors (Lipinski definition) is 5. The molecule has 0 fully saturated rings. The quantitative estimate of drug-likeness (QED) is 0.479. The molecule has 2 atom stereocenters. The van der Waals surface area contributed by atoms with E-state index in [9.17, 15) is 22.7 Å². The SMILES string of the molecule is CC1=C(C)CC([N+](=O)[O-])(S(=O)(=O)c2ccccc2)S(=O)C1. The summed E-state index contributed by atoms with van der Waals surface area (Å²) in [6.07, 6.45) is -0.352. The molecule has 0 N–H and O–H groups in total. The van der Waals surface area contributed by atoms with Gasteiger partial charge in [-0.25, -0.2) is 8.42 Å². The van der Waals surface area contributed by atoms with Crippen LogP contribution in [0.25, 0.3) is 0 Å². The maximum absolute atomic E-state index is 12.8. The number of sulfone groups is 1. The normalized spacial score (nSPS) is 26.7. The molecule has 2 rings (SSSR count). The molecule has 0 aromatic heterocycles. The lowest BCUT2D eigenvalue weighted by molar-refractivity contribution is -0.512. The van der Waals surface area contributed by atoms with Crippen LogP contribution in [0, 0.1) is 10.1 Å². The minimum atomic E-state index is -4.36. The number of rotatable bonds is 3. The molecule has 0 radical (unpaired) electrons. The Labute approximate surface area is 125 Å². The van der Waals surface area contributed by atoms with E-state index in [0.29, 0.717) is 5.57 Å². The summed E-state index contributed by atoms with van der Waals surface area (Å²) in [5, 5.41) is 11.6. The topological polar surface area (TPSA) is 94.3 Å². The molecule has 0 saturated carbocycles. The Balaban J connectivity index is 2.71.